The molecule has 2 aromatic carbocycles. The predicted molar refractivity (Wildman–Crippen MR) is 141 cm³/mol. The molecule has 1 unspecified atom stereocenters. The molecule has 0 aromatic heterocycles. The van der Waals surface area contributed by atoms with Crippen molar-refractivity contribution >= 4 is 5.91 Å². The van der Waals surface area contributed by atoms with Crippen molar-refractivity contribution in [1.29, 1.82) is 0 Å². The molecule has 0 saturated carbocycles. The zero-order valence-electron chi connectivity index (χ0n) is 22.3. The van der Waals surface area contributed by atoms with E-state index in [4.69, 9.17) is 9.47 Å². The topological polar surface area (TPSA) is 42.0 Å². The summed E-state index contributed by atoms with van der Waals surface area (Å²) in [5.41, 5.74) is 2.93. The van der Waals surface area contributed by atoms with E-state index < -0.39 is 0 Å². The van der Waals surface area contributed by atoms with Crippen LogP contribution in [-0.4, -0.2) is 59.7 Å². The first-order valence-electron chi connectivity index (χ1n) is 13.1. The lowest BCUT2D eigenvalue weighted by Gasteiger charge is -2.52. The summed E-state index contributed by atoms with van der Waals surface area (Å²) in [7, 11) is 0. The number of carbonyl (C=O) groups is 1. The van der Waals surface area contributed by atoms with Crippen molar-refractivity contribution in [2.24, 2.45) is 5.41 Å². The van der Waals surface area contributed by atoms with Crippen LogP contribution in [0.5, 0.6) is 5.75 Å². The molecule has 35 heavy (non-hydrogen) atoms. The summed E-state index contributed by atoms with van der Waals surface area (Å²) in [4.78, 5) is 17.9. The Balaban J connectivity index is 1.44. The SMILES string of the molecule is Cc1cc(C(=O)N2CCC3(CC2)CN(Cc2ccccc2)CC(C(C)(C)C)O3)ccc1OC(C)C. The minimum absolute atomic E-state index is 0.0621. The van der Waals surface area contributed by atoms with Crippen LogP contribution in [0.2, 0.25) is 0 Å². The number of hydrogen-bond acceptors (Lipinski definition) is 4. The Kier molecular flexibility index (Phi) is 7.58. The molecular formula is C30H42N2O3. The fourth-order valence-electron chi connectivity index (χ4n) is 5.24. The van der Waals surface area contributed by atoms with Crippen molar-refractivity contribution in [3.8, 4) is 5.75 Å². The van der Waals surface area contributed by atoms with E-state index in [1.807, 2.05) is 43.9 Å². The Labute approximate surface area is 211 Å². The quantitative estimate of drug-likeness (QED) is 0.552. The normalized spacial score (nSPS) is 20.9. The number of morpholine rings is 1. The number of aryl methyl sites for hydroxylation is 1. The van der Waals surface area contributed by atoms with E-state index in [0.29, 0.717) is 0 Å². The third-order valence-corrected chi connectivity index (χ3v) is 7.29. The first-order valence-corrected chi connectivity index (χ1v) is 13.1. The van der Waals surface area contributed by atoms with E-state index in [2.05, 4.69) is 56.0 Å². The monoisotopic (exact) mass is 478 g/mol. The number of rotatable bonds is 5. The standard InChI is InChI=1S/C30H42N2O3/c1-22(2)34-26-13-12-25(18-23(26)3)28(33)32-16-14-30(15-17-32)21-31(19-24-10-8-7-9-11-24)20-27(35-30)29(4,5)6/h7-13,18,22,27H,14-17,19-21H2,1-6H3. The molecular weight excluding hydrogens is 436 g/mol. The van der Waals surface area contributed by atoms with Crippen molar-refractivity contribution in [2.75, 3.05) is 26.2 Å². The largest absolute Gasteiger partial charge is 0.491 e. The molecule has 2 heterocycles. The van der Waals surface area contributed by atoms with Crippen molar-refractivity contribution in [2.45, 2.75) is 78.7 Å². The van der Waals surface area contributed by atoms with Gasteiger partial charge in [-0.05, 0) is 68.4 Å². The molecule has 2 aliphatic rings. The second-order valence-corrected chi connectivity index (χ2v) is 11.7. The van der Waals surface area contributed by atoms with Gasteiger partial charge in [0.25, 0.3) is 5.91 Å². The maximum atomic E-state index is 13.3. The van der Waals surface area contributed by atoms with Crippen molar-refractivity contribution in [3.63, 3.8) is 0 Å². The fourth-order valence-corrected chi connectivity index (χ4v) is 5.24. The zero-order chi connectivity index (χ0) is 25.2. The van der Waals surface area contributed by atoms with Gasteiger partial charge in [0.05, 0.1) is 17.8 Å². The molecule has 0 bridgehead atoms. The van der Waals surface area contributed by atoms with E-state index in [1.54, 1.807) is 0 Å². The molecule has 2 aromatic rings. The van der Waals surface area contributed by atoms with Gasteiger partial charge in [-0.25, -0.2) is 0 Å². The molecule has 5 heteroatoms. The number of benzene rings is 2. The van der Waals surface area contributed by atoms with Gasteiger partial charge >= 0.3 is 0 Å². The first-order chi connectivity index (χ1) is 16.5. The minimum Gasteiger partial charge on any atom is -0.491 e. The van der Waals surface area contributed by atoms with Crippen LogP contribution in [0.1, 0.15) is 68.9 Å². The molecule has 1 atom stereocenters. The smallest absolute Gasteiger partial charge is 0.253 e. The molecule has 5 nitrogen and oxygen atoms in total. The molecule has 0 radical (unpaired) electrons. The van der Waals surface area contributed by atoms with Gasteiger partial charge in [-0.2, -0.15) is 0 Å². The van der Waals surface area contributed by atoms with E-state index >= 15 is 0 Å². The highest BCUT2D eigenvalue weighted by atomic mass is 16.5. The van der Waals surface area contributed by atoms with Gasteiger partial charge in [0.1, 0.15) is 5.75 Å². The summed E-state index contributed by atoms with van der Waals surface area (Å²) >= 11 is 0. The van der Waals surface area contributed by atoms with Crippen LogP contribution in [0.25, 0.3) is 0 Å². The van der Waals surface area contributed by atoms with E-state index in [9.17, 15) is 4.79 Å². The second-order valence-electron chi connectivity index (χ2n) is 11.7. The summed E-state index contributed by atoms with van der Waals surface area (Å²) in [5.74, 6) is 0.944. The number of amides is 1. The Morgan fingerprint density at radius 3 is 2.40 bits per heavy atom. The number of piperidine rings is 1. The zero-order valence-corrected chi connectivity index (χ0v) is 22.3. The summed E-state index contributed by atoms with van der Waals surface area (Å²) in [6.07, 6.45) is 2.01. The minimum atomic E-state index is -0.202. The molecule has 190 valence electrons. The molecule has 4 rings (SSSR count). The summed E-state index contributed by atoms with van der Waals surface area (Å²) in [6, 6.07) is 16.5. The predicted octanol–water partition coefficient (Wildman–Crippen LogP) is 5.70. The lowest BCUT2D eigenvalue weighted by molar-refractivity contribution is -0.201. The van der Waals surface area contributed by atoms with Crippen LogP contribution in [0, 0.1) is 12.3 Å². The highest BCUT2D eigenvalue weighted by molar-refractivity contribution is 5.94. The van der Waals surface area contributed by atoms with Gasteiger partial charge in [-0.3, -0.25) is 9.69 Å². The van der Waals surface area contributed by atoms with Gasteiger partial charge in [0.2, 0.25) is 0 Å². The number of ether oxygens (including phenoxy) is 2. The first kappa shape index (κ1) is 25.7. The molecule has 1 amide bonds. The maximum absolute atomic E-state index is 13.3. The van der Waals surface area contributed by atoms with Crippen LogP contribution < -0.4 is 4.74 Å². The van der Waals surface area contributed by atoms with Crippen LogP contribution in [0.15, 0.2) is 48.5 Å². The summed E-state index contributed by atoms with van der Waals surface area (Å²) < 4.78 is 12.7. The van der Waals surface area contributed by atoms with Crippen LogP contribution in [0.4, 0.5) is 0 Å². The molecule has 1 spiro atoms. The third-order valence-electron chi connectivity index (χ3n) is 7.29. The van der Waals surface area contributed by atoms with Gasteiger partial charge in [-0.15, -0.1) is 0 Å². The molecule has 2 saturated heterocycles. The third kappa shape index (κ3) is 6.25. The highest BCUT2D eigenvalue weighted by Crippen LogP contribution is 2.38. The number of likely N-dealkylation sites (tertiary alicyclic amines) is 1. The molecule has 0 N–H and O–H groups in total. The van der Waals surface area contributed by atoms with Gasteiger partial charge in [0, 0.05) is 38.3 Å². The Bertz CT molecular complexity index is 1000. The maximum Gasteiger partial charge on any atom is 0.253 e. The summed E-state index contributed by atoms with van der Waals surface area (Å²) in [6.45, 7) is 17.1. The van der Waals surface area contributed by atoms with Gasteiger partial charge in [-0.1, -0.05) is 51.1 Å². The lowest BCUT2D eigenvalue weighted by atomic mass is 9.82. The number of nitrogens with zero attached hydrogens (tertiary/aromatic N) is 2. The Morgan fingerprint density at radius 2 is 1.80 bits per heavy atom. The lowest BCUT2D eigenvalue weighted by Crippen LogP contribution is -2.62. The second kappa shape index (κ2) is 10.3. The van der Waals surface area contributed by atoms with E-state index in [0.717, 1.165) is 62.4 Å². The fraction of sp³-hybridized carbons (Fsp3) is 0.567. The Morgan fingerprint density at radius 1 is 1.11 bits per heavy atom. The summed E-state index contributed by atoms with van der Waals surface area (Å²) in [5, 5.41) is 0. The average molecular weight is 479 g/mol. The number of hydrogen-bond donors (Lipinski definition) is 0. The van der Waals surface area contributed by atoms with Crippen LogP contribution in [-0.2, 0) is 11.3 Å². The van der Waals surface area contributed by atoms with E-state index in [-0.39, 0.29) is 29.1 Å². The van der Waals surface area contributed by atoms with E-state index in [1.165, 1.54) is 5.56 Å². The molecule has 2 aliphatic heterocycles. The Hall–Kier alpha value is -2.37. The van der Waals surface area contributed by atoms with Crippen LogP contribution >= 0.6 is 0 Å². The highest BCUT2D eigenvalue weighted by Gasteiger charge is 2.46. The van der Waals surface area contributed by atoms with Crippen molar-refractivity contribution in [1.82, 2.24) is 9.80 Å². The molecule has 0 aliphatic carbocycles. The van der Waals surface area contributed by atoms with Crippen LogP contribution in [0.3, 0.4) is 0 Å². The van der Waals surface area contributed by atoms with Crippen molar-refractivity contribution in [3.05, 3.63) is 65.2 Å². The van der Waals surface area contributed by atoms with Gasteiger partial charge in [0.15, 0.2) is 0 Å². The van der Waals surface area contributed by atoms with Gasteiger partial charge < -0.3 is 14.4 Å². The van der Waals surface area contributed by atoms with Crippen molar-refractivity contribution < 1.29 is 14.3 Å². The molecule has 2 fully saturated rings. The number of carbonyl (C=O) groups excluding carboxylic acids is 1. The average Bonchev–Trinajstić information content (AvgIpc) is 2.80.